The molecule has 1 aliphatic carbocycles. The summed E-state index contributed by atoms with van der Waals surface area (Å²) in [6.07, 6.45) is 4.69. The molecule has 0 bridgehead atoms. The highest BCUT2D eigenvalue weighted by Gasteiger charge is 2.28. The van der Waals surface area contributed by atoms with E-state index in [0.717, 1.165) is 12.8 Å². The molecule has 1 saturated carbocycles. The van der Waals surface area contributed by atoms with Crippen LogP contribution in [0.4, 0.5) is 0 Å². The fraction of sp³-hybridized carbons (Fsp3) is 0.536. The van der Waals surface area contributed by atoms with Crippen LogP contribution < -0.4 is 0 Å². The molecule has 1 heterocycles. The van der Waals surface area contributed by atoms with Crippen molar-refractivity contribution in [3.63, 3.8) is 0 Å². The van der Waals surface area contributed by atoms with Gasteiger partial charge in [0, 0.05) is 13.0 Å². The van der Waals surface area contributed by atoms with Crippen molar-refractivity contribution in [2.24, 2.45) is 11.8 Å². The minimum absolute atomic E-state index is 0.0780. The second kappa shape index (κ2) is 11.4. The molecule has 3 rings (SSSR count). The summed E-state index contributed by atoms with van der Waals surface area (Å²) in [5, 5.41) is 19.5. The number of carbonyl (C=O) groups excluding carboxylic acids is 1. The summed E-state index contributed by atoms with van der Waals surface area (Å²) < 4.78 is 1.74. The highest BCUT2D eigenvalue weighted by atomic mass is 35.5. The van der Waals surface area contributed by atoms with Gasteiger partial charge in [-0.3, -0.25) is 9.59 Å². The van der Waals surface area contributed by atoms with Gasteiger partial charge in [0.05, 0.1) is 5.92 Å². The number of Topliss-reactive ketones (excluding diaryl/α,β-unsaturated/α-hetero) is 1. The van der Waals surface area contributed by atoms with Crippen LogP contribution in [0.15, 0.2) is 18.2 Å². The minimum Gasteiger partial charge on any atom is -0.481 e. The number of halogens is 1. The summed E-state index contributed by atoms with van der Waals surface area (Å²) in [6.45, 7) is 7.81. The van der Waals surface area contributed by atoms with E-state index in [0.29, 0.717) is 50.3 Å². The smallest absolute Gasteiger partial charge is 0.306 e. The van der Waals surface area contributed by atoms with Gasteiger partial charge < -0.3 is 14.8 Å². The quantitative estimate of drug-likeness (QED) is 0.377. The van der Waals surface area contributed by atoms with Crippen molar-refractivity contribution in [1.82, 2.24) is 9.55 Å². The van der Waals surface area contributed by atoms with Gasteiger partial charge in [-0.2, -0.15) is 0 Å². The lowest BCUT2D eigenvalue weighted by atomic mass is 9.79. The van der Waals surface area contributed by atoms with Gasteiger partial charge in [0.2, 0.25) is 5.28 Å². The molecular weight excluding hydrogens is 464 g/mol. The number of ketones is 1. The monoisotopic (exact) mass is 498 g/mol. The maximum Gasteiger partial charge on any atom is 0.306 e. The second-order valence-electron chi connectivity index (χ2n) is 10.2. The van der Waals surface area contributed by atoms with Crippen LogP contribution in [0.25, 0.3) is 0 Å². The van der Waals surface area contributed by atoms with E-state index in [2.05, 4.69) is 42.8 Å². The zero-order valence-corrected chi connectivity index (χ0v) is 21.8. The van der Waals surface area contributed by atoms with E-state index in [1.165, 1.54) is 16.7 Å². The Morgan fingerprint density at radius 2 is 1.89 bits per heavy atom. The van der Waals surface area contributed by atoms with E-state index < -0.39 is 11.6 Å². The molecule has 188 valence electrons. The largest absolute Gasteiger partial charge is 0.481 e. The molecule has 2 aromatic rings. The zero-order valence-electron chi connectivity index (χ0n) is 21.0. The molecule has 0 spiro atoms. The van der Waals surface area contributed by atoms with Crippen molar-refractivity contribution in [3.05, 3.63) is 51.6 Å². The molecule has 2 N–H and O–H groups in total. The van der Waals surface area contributed by atoms with E-state index in [-0.39, 0.29) is 22.7 Å². The molecule has 0 saturated heterocycles. The van der Waals surface area contributed by atoms with Gasteiger partial charge in [-0.15, -0.1) is 0 Å². The molecule has 1 fully saturated rings. The maximum atomic E-state index is 13.4. The summed E-state index contributed by atoms with van der Waals surface area (Å²) >= 11 is 6.49. The summed E-state index contributed by atoms with van der Waals surface area (Å²) in [5.41, 5.74) is 3.07. The van der Waals surface area contributed by atoms with Gasteiger partial charge in [-0.1, -0.05) is 24.1 Å². The molecule has 35 heavy (non-hydrogen) atoms. The Morgan fingerprint density at radius 3 is 2.51 bits per heavy atom. The van der Waals surface area contributed by atoms with Crippen LogP contribution >= 0.6 is 11.6 Å². The number of carboxylic acid groups (broad SMARTS) is 1. The van der Waals surface area contributed by atoms with E-state index in [4.69, 9.17) is 11.6 Å². The Morgan fingerprint density at radius 1 is 1.20 bits per heavy atom. The first-order valence-corrected chi connectivity index (χ1v) is 12.7. The highest BCUT2D eigenvalue weighted by molar-refractivity contribution is 6.29. The summed E-state index contributed by atoms with van der Waals surface area (Å²) in [7, 11) is 0. The number of hydrogen-bond acceptors (Lipinski definition) is 4. The molecule has 0 amide bonds. The number of carbonyl (C=O) groups is 2. The first-order valence-electron chi connectivity index (χ1n) is 12.3. The number of nitrogens with zero attached hydrogens (tertiary/aromatic N) is 2. The molecular formula is C28H35ClN2O4. The standard InChI is InChI=1S/C28H35ClN2O4/c1-18-6-5-7-21(19(18)2)15-17-31-25(23(30-27(31)29)14-16-28(3,4)35)24(32)13-10-20-8-11-22(12-9-20)26(33)34/h5-7,20,22,35H,8-13,15,17H2,1-4H3,(H,33,34). The number of hydrogen-bond donors (Lipinski definition) is 2. The van der Waals surface area contributed by atoms with E-state index in [1.54, 1.807) is 18.4 Å². The van der Waals surface area contributed by atoms with Crippen LogP contribution in [-0.4, -0.2) is 37.1 Å². The maximum absolute atomic E-state index is 13.4. The lowest BCUT2D eigenvalue weighted by Gasteiger charge is -2.25. The summed E-state index contributed by atoms with van der Waals surface area (Å²) in [4.78, 5) is 29.0. The van der Waals surface area contributed by atoms with Gasteiger partial charge in [0.15, 0.2) is 5.78 Å². The van der Waals surface area contributed by atoms with Crippen molar-refractivity contribution in [3.8, 4) is 11.8 Å². The van der Waals surface area contributed by atoms with Gasteiger partial charge in [-0.25, -0.2) is 4.98 Å². The van der Waals surface area contributed by atoms with Crippen LogP contribution in [0.1, 0.15) is 85.2 Å². The van der Waals surface area contributed by atoms with Crippen molar-refractivity contribution in [1.29, 1.82) is 0 Å². The molecule has 7 heteroatoms. The average Bonchev–Trinajstić information content (AvgIpc) is 3.12. The number of carboxylic acids is 1. The van der Waals surface area contributed by atoms with Crippen molar-refractivity contribution in [2.45, 2.75) is 84.8 Å². The summed E-state index contributed by atoms with van der Waals surface area (Å²) in [6, 6.07) is 6.18. The second-order valence-corrected chi connectivity index (χ2v) is 10.5. The first-order chi connectivity index (χ1) is 16.5. The normalized spacial score (nSPS) is 18.1. The molecule has 0 unspecified atom stereocenters. The molecule has 0 atom stereocenters. The molecule has 1 aromatic carbocycles. The van der Waals surface area contributed by atoms with Gasteiger partial charge in [0.1, 0.15) is 17.0 Å². The van der Waals surface area contributed by atoms with Crippen LogP contribution in [0.2, 0.25) is 5.28 Å². The topological polar surface area (TPSA) is 92.4 Å². The Balaban J connectivity index is 1.81. The minimum atomic E-state index is -1.22. The zero-order chi connectivity index (χ0) is 25.8. The number of rotatable bonds is 8. The number of imidazole rings is 1. The first kappa shape index (κ1) is 27.0. The van der Waals surface area contributed by atoms with E-state index in [1.807, 2.05) is 6.07 Å². The third-order valence-electron chi connectivity index (χ3n) is 6.97. The van der Waals surface area contributed by atoms with Gasteiger partial charge in [-0.05, 0) is 106 Å². The van der Waals surface area contributed by atoms with Crippen LogP contribution in [0.3, 0.4) is 0 Å². The van der Waals surface area contributed by atoms with Gasteiger partial charge >= 0.3 is 5.97 Å². The predicted molar refractivity (Wildman–Crippen MR) is 137 cm³/mol. The average molecular weight is 499 g/mol. The van der Waals surface area contributed by atoms with Crippen molar-refractivity contribution < 1.29 is 19.8 Å². The lowest BCUT2D eigenvalue weighted by molar-refractivity contribution is -0.143. The molecule has 0 aliphatic heterocycles. The lowest BCUT2D eigenvalue weighted by Crippen LogP contribution is -2.22. The van der Waals surface area contributed by atoms with Gasteiger partial charge in [0.25, 0.3) is 0 Å². The molecule has 6 nitrogen and oxygen atoms in total. The Labute approximate surface area is 212 Å². The number of aliphatic carboxylic acids is 1. The Kier molecular flexibility index (Phi) is 8.79. The Hall–Kier alpha value is -2.62. The van der Waals surface area contributed by atoms with E-state index >= 15 is 0 Å². The van der Waals surface area contributed by atoms with Crippen LogP contribution in [0, 0.1) is 37.5 Å². The number of aryl methyl sites for hydroxylation is 2. The SMILES string of the molecule is Cc1cccc(CCn2c(Cl)nc(C#CC(C)(C)O)c2C(=O)CCC2CCC(C(=O)O)CC2)c1C. The third kappa shape index (κ3) is 7.19. The van der Waals surface area contributed by atoms with Crippen molar-refractivity contribution in [2.75, 3.05) is 0 Å². The van der Waals surface area contributed by atoms with Crippen molar-refractivity contribution >= 4 is 23.4 Å². The Bertz CT molecular complexity index is 1140. The predicted octanol–water partition coefficient (Wildman–Crippen LogP) is 5.37. The van der Waals surface area contributed by atoms with Crippen LogP contribution in [-0.2, 0) is 17.8 Å². The summed E-state index contributed by atoms with van der Waals surface area (Å²) in [5.74, 6) is 4.88. The molecule has 0 radical (unpaired) electrons. The fourth-order valence-corrected chi connectivity index (χ4v) is 4.93. The number of benzene rings is 1. The molecule has 1 aliphatic rings. The number of aromatic nitrogens is 2. The molecule has 1 aromatic heterocycles. The fourth-order valence-electron chi connectivity index (χ4n) is 4.68. The number of aliphatic hydroxyl groups is 1. The third-order valence-corrected chi connectivity index (χ3v) is 7.26. The van der Waals surface area contributed by atoms with E-state index in [9.17, 15) is 19.8 Å². The van der Waals surface area contributed by atoms with Crippen LogP contribution in [0.5, 0.6) is 0 Å². The highest BCUT2D eigenvalue weighted by Crippen LogP contribution is 2.32.